The van der Waals surface area contributed by atoms with Crippen LogP contribution in [-0.4, -0.2) is 30.5 Å². The standard InChI is InChI=1S/C20H20ClF3N6O/c1-11-5-3-4-6-14(11)9-29-10-25-19(28-29)26-18(31)12(2)30-16(13-7-8-13)15(21)17(27-30)20(22,23)24/h3-6,10,12-13H,7-9H2,1-2H3,(H,26,28,31). The van der Waals surface area contributed by atoms with E-state index in [0.717, 1.165) is 15.8 Å². The van der Waals surface area contributed by atoms with Crippen LogP contribution < -0.4 is 5.32 Å². The molecule has 1 N–H and O–H groups in total. The first-order valence-corrected chi connectivity index (χ1v) is 10.1. The number of halogens is 4. The van der Waals surface area contributed by atoms with Gasteiger partial charge in [0.1, 0.15) is 12.4 Å². The molecule has 164 valence electrons. The summed E-state index contributed by atoms with van der Waals surface area (Å²) in [5, 5.41) is 9.97. The fourth-order valence-corrected chi connectivity index (χ4v) is 3.73. The van der Waals surface area contributed by atoms with Gasteiger partial charge in [0.2, 0.25) is 5.95 Å². The lowest BCUT2D eigenvalue weighted by Gasteiger charge is -2.14. The number of amides is 1. The van der Waals surface area contributed by atoms with E-state index in [9.17, 15) is 18.0 Å². The van der Waals surface area contributed by atoms with Gasteiger partial charge < -0.3 is 0 Å². The maximum atomic E-state index is 13.3. The van der Waals surface area contributed by atoms with Crippen molar-refractivity contribution >= 4 is 23.5 Å². The Labute approximate surface area is 181 Å². The van der Waals surface area contributed by atoms with E-state index in [0.29, 0.717) is 19.4 Å². The second-order valence-corrected chi connectivity index (χ2v) is 8.00. The van der Waals surface area contributed by atoms with Gasteiger partial charge in [-0.3, -0.25) is 14.8 Å². The molecule has 1 aliphatic rings. The molecule has 11 heteroatoms. The maximum absolute atomic E-state index is 13.3. The summed E-state index contributed by atoms with van der Waals surface area (Å²) < 4.78 is 42.4. The van der Waals surface area contributed by atoms with Gasteiger partial charge in [-0.25, -0.2) is 9.67 Å². The van der Waals surface area contributed by atoms with Crippen LogP contribution in [0, 0.1) is 6.92 Å². The molecule has 0 bridgehead atoms. The van der Waals surface area contributed by atoms with Gasteiger partial charge in [-0.2, -0.15) is 18.3 Å². The van der Waals surface area contributed by atoms with Crippen LogP contribution in [0.1, 0.15) is 54.2 Å². The highest BCUT2D eigenvalue weighted by Crippen LogP contribution is 2.47. The maximum Gasteiger partial charge on any atom is 0.436 e. The van der Waals surface area contributed by atoms with E-state index in [-0.39, 0.29) is 17.6 Å². The number of benzene rings is 1. The van der Waals surface area contributed by atoms with Crippen molar-refractivity contribution in [3.63, 3.8) is 0 Å². The Bertz CT molecular complexity index is 1120. The Morgan fingerprint density at radius 1 is 1.29 bits per heavy atom. The molecule has 0 saturated heterocycles. The quantitative estimate of drug-likeness (QED) is 0.593. The molecule has 1 unspecified atom stereocenters. The van der Waals surface area contributed by atoms with Crippen LogP contribution in [0.15, 0.2) is 30.6 Å². The highest BCUT2D eigenvalue weighted by Gasteiger charge is 2.43. The van der Waals surface area contributed by atoms with Crippen LogP contribution in [0.4, 0.5) is 19.1 Å². The van der Waals surface area contributed by atoms with Gasteiger partial charge in [0.15, 0.2) is 5.69 Å². The largest absolute Gasteiger partial charge is 0.436 e. The molecule has 1 aliphatic carbocycles. The number of carbonyl (C=O) groups excluding carboxylic acids is 1. The molecule has 4 rings (SSSR count). The van der Waals surface area contributed by atoms with Crippen molar-refractivity contribution in [3.05, 3.63) is 58.1 Å². The predicted molar refractivity (Wildman–Crippen MR) is 108 cm³/mol. The molecule has 7 nitrogen and oxygen atoms in total. The van der Waals surface area contributed by atoms with Crippen molar-refractivity contribution in [2.24, 2.45) is 0 Å². The van der Waals surface area contributed by atoms with Crippen LogP contribution in [0.5, 0.6) is 0 Å². The molecule has 0 spiro atoms. The second-order valence-electron chi connectivity index (χ2n) is 7.62. The first-order valence-electron chi connectivity index (χ1n) is 9.75. The zero-order valence-corrected chi connectivity index (χ0v) is 17.6. The minimum Gasteiger partial charge on any atom is -0.291 e. The molecule has 2 heterocycles. The Balaban J connectivity index is 1.51. The number of carbonyl (C=O) groups is 1. The summed E-state index contributed by atoms with van der Waals surface area (Å²) in [4.78, 5) is 16.8. The molecule has 0 radical (unpaired) electrons. The first-order chi connectivity index (χ1) is 14.6. The normalized spacial score (nSPS) is 15.2. The molecular weight excluding hydrogens is 433 g/mol. The summed E-state index contributed by atoms with van der Waals surface area (Å²) in [6.07, 6.45) is -1.79. The molecule has 1 fully saturated rings. The van der Waals surface area contributed by atoms with E-state index in [1.807, 2.05) is 31.2 Å². The summed E-state index contributed by atoms with van der Waals surface area (Å²) in [7, 11) is 0. The Kier molecular flexibility index (Phi) is 5.50. The van der Waals surface area contributed by atoms with E-state index in [4.69, 9.17) is 11.6 Å². The Morgan fingerprint density at radius 3 is 2.65 bits per heavy atom. The van der Waals surface area contributed by atoms with Gasteiger partial charge in [-0.15, -0.1) is 5.10 Å². The fourth-order valence-electron chi connectivity index (χ4n) is 3.34. The van der Waals surface area contributed by atoms with Crippen molar-refractivity contribution in [1.82, 2.24) is 24.5 Å². The Morgan fingerprint density at radius 2 is 2.00 bits per heavy atom. The molecule has 1 amide bonds. The summed E-state index contributed by atoms with van der Waals surface area (Å²) in [6.45, 7) is 3.92. The summed E-state index contributed by atoms with van der Waals surface area (Å²) in [5.74, 6) is -0.645. The highest BCUT2D eigenvalue weighted by molar-refractivity contribution is 6.32. The molecule has 31 heavy (non-hydrogen) atoms. The van der Waals surface area contributed by atoms with Gasteiger partial charge >= 0.3 is 6.18 Å². The van der Waals surface area contributed by atoms with Crippen molar-refractivity contribution in [3.8, 4) is 0 Å². The van der Waals surface area contributed by atoms with Gasteiger partial charge in [0.05, 0.1) is 17.3 Å². The average molecular weight is 453 g/mol. The van der Waals surface area contributed by atoms with Crippen LogP contribution in [-0.2, 0) is 17.5 Å². The number of hydrogen-bond donors (Lipinski definition) is 1. The van der Waals surface area contributed by atoms with Crippen molar-refractivity contribution in [2.45, 2.75) is 51.4 Å². The number of aromatic nitrogens is 5. The number of anilines is 1. The second kappa shape index (κ2) is 7.99. The number of nitrogens with one attached hydrogen (secondary N) is 1. The number of alkyl halides is 3. The van der Waals surface area contributed by atoms with Gasteiger partial charge in [0.25, 0.3) is 5.91 Å². The fraction of sp³-hybridized carbons (Fsp3) is 0.400. The van der Waals surface area contributed by atoms with Crippen molar-refractivity contribution in [2.75, 3.05) is 5.32 Å². The molecule has 1 saturated carbocycles. The average Bonchev–Trinajstić information content (AvgIpc) is 3.34. The van der Waals surface area contributed by atoms with Gasteiger partial charge in [-0.1, -0.05) is 35.9 Å². The minimum atomic E-state index is -4.70. The monoisotopic (exact) mass is 452 g/mol. The van der Waals surface area contributed by atoms with Crippen LogP contribution in [0.3, 0.4) is 0 Å². The number of rotatable bonds is 6. The smallest absolute Gasteiger partial charge is 0.291 e. The van der Waals surface area contributed by atoms with E-state index >= 15 is 0 Å². The van der Waals surface area contributed by atoms with Crippen molar-refractivity contribution < 1.29 is 18.0 Å². The Hall–Kier alpha value is -2.88. The predicted octanol–water partition coefficient (Wildman–Crippen LogP) is 4.58. The molecule has 2 aromatic heterocycles. The lowest BCUT2D eigenvalue weighted by atomic mass is 10.1. The molecule has 3 aromatic rings. The summed E-state index contributed by atoms with van der Waals surface area (Å²) in [6, 6.07) is 6.79. The zero-order chi connectivity index (χ0) is 22.3. The van der Waals surface area contributed by atoms with Gasteiger partial charge in [-0.05, 0) is 37.8 Å². The first kappa shape index (κ1) is 21.4. The molecule has 1 aromatic carbocycles. The van der Waals surface area contributed by atoms with Gasteiger partial charge in [0, 0.05) is 5.92 Å². The van der Waals surface area contributed by atoms with Crippen molar-refractivity contribution in [1.29, 1.82) is 0 Å². The molecule has 0 aliphatic heterocycles. The molecule has 1 atom stereocenters. The minimum absolute atomic E-state index is 0.0627. The topological polar surface area (TPSA) is 77.6 Å². The SMILES string of the molecule is Cc1ccccc1Cn1cnc(NC(=O)C(C)n2nc(C(F)(F)F)c(Cl)c2C2CC2)n1. The third kappa shape index (κ3) is 4.43. The number of hydrogen-bond acceptors (Lipinski definition) is 4. The van der Waals surface area contributed by atoms with E-state index in [1.165, 1.54) is 13.3 Å². The lowest BCUT2D eigenvalue weighted by Crippen LogP contribution is -2.26. The number of nitrogens with zero attached hydrogens (tertiary/aromatic N) is 5. The number of aryl methyl sites for hydroxylation is 1. The third-order valence-corrected chi connectivity index (χ3v) is 5.60. The van der Waals surface area contributed by atoms with Crippen LogP contribution in [0.2, 0.25) is 5.02 Å². The third-order valence-electron chi connectivity index (χ3n) is 5.23. The summed E-state index contributed by atoms with van der Waals surface area (Å²) >= 11 is 5.99. The zero-order valence-electron chi connectivity index (χ0n) is 16.8. The molecular formula is C20H20ClF3N6O. The van der Waals surface area contributed by atoms with E-state index < -0.39 is 28.8 Å². The van der Waals surface area contributed by atoms with E-state index in [1.54, 1.807) is 4.68 Å². The highest BCUT2D eigenvalue weighted by atomic mass is 35.5. The van der Waals surface area contributed by atoms with Crippen LogP contribution >= 0.6 is 11.6 Å². The van der Waals surface area contributed by atoms with E-state index in [2.05, 4.69) is 20.5 Å². The van der Waals surface area contributed by atoms with Crippen LogP contribution in [0.25, 0.3) is 0 Å². The lowest BCUT2D eigenvalue weighted by molar-refractivity contribution is -0.141. The summed E-state index contributed by atoms with van der Waals surface area (Å²) in [5.41, 5.74) is 1.23.